The van der Waals surface area contributed by atoms with E-state index in [0.717, 1.165) is 30.8 Å². The Bertz CT molecular complexity index is 742. The summed E-state index contributed by atoms with van der Waals surface area (Å²) >= 11 is 0. The van der Waals surface area contributed by atoms with Gasteiger partial charge in [-0.2, -0.15) is 0 Å². The minimum absolute atomic E-state index is 0.0589. The minimum Gasteiger partial charge on any atom is -0.491 e. The van der Waals surface area contributed by atoms with E-state index in [9.17, 15) is 4.79 Å². The number of ether oxygens (including phenoxy) is 1. The molecule has 0 atom stereocenters. The molecular formula is C21H26N2O2. The number of carbonyl (C=O) groups excluding carboxylic acids is 1. The Kier molecular flexibility index (Phi) is 5.71. The average Bonchev–Trinajstić information content (AvgIpc) is 2.60. The second kappa shape index (κ2) is 8.17. The molecule has 3 rings (SSSR count). The smallest absolute Gasteiger partial charge is 0.234 e. The van der Waals surface area contributed by atoms with E-state index in [4.69, 9.17) is 4.74 Å². The van der Waals surface area contributed by atoms with Gasteiger partial charge in [-0.1, -0.05) is 42.0 Å². The van der Waals surface area contributed by atoms with Crippen molar-refractivity contribution in [3.05, 3.63) is 64.7 Å². The van der Waals surface area contributed by atoms with Gasteiger partial charge in [0.25, 0.3) is 0 Å². The molecule has 2 aromatic rings. The largest absolute Gasteiger partial charge is 0.491 e. The van der Waals surface area contributed by atoms with Crippen LogP contribution in [-0.2, 0) is 17.8 Å². The fourth-order valence-corrected chi connectivity index (χ4v) is 3.26. The second-order valence-electron chi connectivity index (χ2n) is 6.70. The lowest BCUT2D eigenvalue weighted by Gasteiger charge is -2.28. The number of nitrogens with one attached hydrogen (secondary N) is 1. The van der Waals surface area contributed by atoms with Crippen LogP contribution in [0.2, 0.25) is 0 Å². The summed E-state index contributed by atoms with van der Waals surface area (Å²) in [7, 11) is 0. The maximum absolute atomic E-state index is 12.1. The van der Waals surface area contributed by atoms with Crippen LogP contribution < -0.4 is 10.1 Å². The Morgan fingerprint density at radius 2 is 1.96 bits per heavy atom. The molecule has 1 heterocycles. The summed E-state index contributed by atoms with van der Waals surface area (Å²) in [6, 6.07) is 14.6. The molecule has 0 radical (unpaired) electrons. The summed E-state index contributed by atoms with van der Waals surface area (Å²) in [4.78, 5) is 14.3. The van der Waals surface area contributed by atoms with Gasteiger partial charge in [0.15, 0.2) is 0 Å². The van der Waals surface area contributed by atoms with Crippen LogP contribution in [-0.4, -0.2) is 37.0 Å². The summed E-state index contributed by atoms with van der Waals surface area (Å²) in [6.45, 7) is 7.34. The number of amides is 1. The minimum atomic E-state index is 0.0589. The van der Waals surface area contributed by atoms with E-state index in [0.29, 0.717) is 19.7 Å². The first-order valence-corrected chi connectivity index (χ1v) is 8.88. The molecule has 0 unspecified atom stereocenters. The number of hydrogen-bond donors (Lipinski definition) is 1. The van der Waals surface area contributed by atoms with Crippen LogP contribution in [0.3, 0.4) is 0 Å². The lowest BCUT2D eigenvalue weighted by Crippen LogP contribution is -2.40. The standard InChI is InChI=1S/C21H26N2O2/c1-16-7-8-20(17(2)13-16)25-12-10-22-21(24)15-23-11-9-18-5-3-4-6-19(18)14-23/h3-8,13H,9-12,14-15H2,1-2H3,(H,22,24). The van der Waals surface area contributed by atoms with Gasteiger partial charge in [-0.05, 0) is 43.0 Å². The highest BCUT2D eigenvalue weighted by atomic mass is 16.5. The molecule has 1 aliphatic heterocycles. The van der Waals surface area contributed by atoms with Crippen LogP contribution >= 0.6 is 0 Å². The molecule has 0 aliphatic carbocycles. The molecule has 132 valence electrons. The van der Waals surface area contributed by atoms with Gasteiger partial charge in [0, 0.05) is 13.1 Å². The highest BCUT2D eigenvalue weighted by Gasteiger charge is 2.17. The molecule has 0 fully saturated rings. The summed E-state index contributed by atoms with van der Waals surface area (Å²) in [5.74, 6) is 0.941. The summed E-state index contributed by atoms with van der Waals surface area (Å²) in [6.07, 6.45) is 1.01. The Morgan fingerprint density at radius 1 is 1.16 bits per heavy atom. The molecule has 4 heteroatoms. The number of carbonyl (C=O) groups is 1. The number of fused-ring (bicyclic) bond motifs is 1. The van der Waals surface area contributed by atoms with Gasteiger partial charge in [0.1, 0.15) is 12.4 Å². The molecule has 0 saturated heterocycles. The van der Waals surface area contributed by atoms with Crippen molar-refractivity contribution in [3.63, 3.8) is 0 Å². The Balaban J connectivity index is 1.39. The highest BCUT2D eigenvalue weighted by Crippen LogP contribution is 2.19. The maximum atomic E-state index is 12.1. The molecular weight excluding hydrogens is 312 g/mol. The molecule has 0 saturated carbocycles. The van der Waals surface area contributed by atoms with Crippen molar-refractivity contribution >= 4 is 5.91 Å². The Hall–Kier alpha value is -2.33. The van der Waals surface area contributed by atoms with E-state index in [-0.39, 0.29) is 5.91 Å². The van der Waals surface area contributed by atoms with E-state index >= 15 is 0 Å². The van der Waals surface area contributed by atoms with Crippen LogP contribution in [0.5, 0.6) is 5.75 Å². The zero-order chi connectivity index (χ0) is 17.6. The summed E-state index contributed by atoms with van der Waals surface area (Å²) in [5.41, 5.74) is 5.08. The SMILES string of the molecule is Cc1ccc(OCCNC(=O)CN2CCc3ccccc3C2)c(C)c1. The first-order chi connectivity index (χ1) is 12.1. The topological polar surface area (TPSA) is 41.6 Å². The molecule has 4 nitrogen and oxygen atoms in total. The van der Waals surface area contributed by atoms with Crippen molar-refractivity contribution in [2.75, 3.05) is 26.2 Å². The van der Waals surface area contributed by atoms with Crippen molar-refractivity contribution < 1.29 is 9.53 Å². The second-order valence-corrected chi connectivity index (χ2v) is 6.70. The molecule has 0 bridgehead atoms. The van der Waals surface area contributed by atoms with E-state index in [1.165, 1.54) is 16.7 Å². The molecule has 1 N–H and O–H groups in total. The van der Waals surface area contributed by atoms with Crippen LogP contribution in [0.1, 0.15) is 22.3 Å². The van der Waals surface area contributed by atoms with Crippen molar-refractivity contribution in [2.45, 2.75) is 26.8 Å². The first kappa shape index (κ1) is 17.5. The van der Waals surface area contributed by atoms with Crippen LogP contribution in [0.4, 0.5) is 0 Å². The molecule has 0 spiro atoms. The Morgan fingerprint density at radius 3 is 2.76 bits per heavy atom. The fraction of sp³-hybridized carbons (Fsp3) is 0.381. The lowest BCUT2D eigenvalue weighted by molar-refractivity contribution is -0.122. The molecule has 0 aromatic heterocycles. The Labute approximate surface area is 149 Å². The van der Waals surface area contributed by atoms with Gasteiger partial charge in [-0.3, -0.25) is 9.69 Å². The highest BCUT2D eigenvalue weighted by molar-refractivity contribution is 5.78. The van der Waals surface area contributed by atoms with Gasteiger partial charge in [0.2, 0.25) is 5.91 Å². The van der Waals surface area contributed by atoms with E-state index in [2.05, 4.69) is 47.5 Å². The zero-order valence-electron chi connectivity index (χ0n) is 15.0. The van der Waals surface area contributed by atoms with Crippen molar-refractivity contribution in [3.8, 4) is 5.75 Å². The number of benzene rings is 2. The molecule has 1 aliphatic rings. The summed E-state index contributed by atoms with van der Waals surface area (Å²) < 4.78 is 5.75. The lowest BCUT2D eigenvalue weighted by atomic mass is 10.00. The number of hydrogen-bond acceptors (Lipinski definition) is 3. The molecule has 2 aromatic carbocycles. The van der Waals surface area contributed by atoms with E-state index in [1.54, 1.807) is 0 Å². The monoisotopic (exact) mass is 338 g/mol. The summed E-state index contributed by atoms with van der Waals surface area (Å²) in [5, 5.41) is 2.95. The predicted molar refractivity (Wildman–Crippen MR) is 99.8 cm³/mol. The third kappa shape index (κ3) is 4.83. The van der Waals surface area contributed by atoms with Crippen LogP contribution in [0.25, 0.3) is 0 Å². The van der Waals surface area contributed by atoms with Gasteiger partial charge in [-0.25, -0.2) is 0 Å². The first-order valence-electron chi connectivity index (χ1n) is 8.88. The van der Waals surface area contributed by atoms with E-state index < -0.39 is 0 Å². The maximum Gasteiger partial charge on any atom is 0.234 e. The van der Waals surface area contributed by atoms with Crippen molar-refractivity contribution in [1.29, 1.82) is 0 Å². The zero-order valence-corrected chi connectivity index (χ0v) is 15.0. The predicted octanol–water partition coefficient (Wildman–Crippen LogP) is 2.86. The molecule has 25 heavy (non-hydrogen) atoms. The molecule has 1 amide bonds. The van der Waals surface area contributed by atoms with Crippen LogP contribution in [0, 0.1) is 13.8 Å². The van der Waals surface area contributed by atoms with Crippen molar-refractivity contribution in [1.82, 2.24) is 10.2 Å². The van der Waals surface area contributed by atoms with E-state index in [1.807, 2.05) is 19.1 Å². The van der Waals surface area contributed by atoms with Crippen LogP contribution in [0.15, 0.2) is 42.5 Å². The average molecular weight is 338 g/mol. The van der Waals surface area contributed by atoms with Gasteiger partial charge >= 0.3 is 0 Å². The third-order valence-electron chi connectivity index (χ3n) is 4.59. The van der Waals surface area contributed by atoms with Gasteiger partial charge < -0.3 is 10.1 Å². The fourth-order valence-electron chi connectivity index (χ4n) is 3.26. The quantitative estimate of drug-likeness (QED) is 0.824. The van der Waals surface area contributed by atoms with Crippen molar-refractivity contribution in [2.24, 2.45) is 0 Å². The number of nitrogens with zero attached hydrogens (tertiary/aromatic N) is 1. The van der Waals surface area contributed by atoms with Gasteiger partial charge in [-0.15, -0.1) is 0 Å². The number of aryl methyl sites for hydroxylation is 2. The number of rotatable bonds is 6. The van der Waals surface area contributed by atoms with Gasteiger partial charge in [0.05, 0.1) is 13.1 Å². The normalized spacial score (nSPS) is 14.0. The third-order valence-corrected chi connectivity index (χ3v) is 4.59.